The minimum Gasteiger partial charge on any atom is -0.496 e. The Balaban J connectivity index is 2.39. The molecular weight excluding hydrogens is 334 g/mol. The van der Waals surface area contributed by atoms with E-state index in [-0.39, 0.29) is 6.10 Å². The van der Waals surface area contributed by atoms with Gasteiger partial charge in [-0.15, -0.1) is 0 Å². The quantitative estimate of drug-likeness (QED) is 0.321. The summed E-state index contributed by atoms with van der Waals surface area (Å²) in [5, 5.41) is 6.72. The summed E-state index contributed by atoms with van der Waals surface area (Å²) < 4.78 is 10.5. The van der Waals surface area contributed by atoms with Crippen molar-refractivity contribution < 1.29 is 19.1 Å². The smallest absolute Gasteiger partial charge is 0.329 e. The molecule has 0 saturated heterocycles. The van der Waals surface area contributed by atoms with Gasteiger partial charge in [0.15, 0.2) is 0 Å². The normalized spacial score (nSPS) is 10.9. The van der Waals surface area contributed by atoms with Crippen LogP contribution in [-0.2, 0) is 14.3 Å². The van der Waals surface area contributed by atoms with Crippen molar-refractivity contribution in [3.05, 3.63) is 28.8 Å². The molecule has 0 heterocycles. The fourth-order valence-electron chi connectivity index (χ4n) is 1.69. The van der Waals surface area contributed by atoms with E-state index in [1.54, 1.807) is 18.2 Å². The van der Waals surface area contributed by atoms with Crippen LogP contribution in [0.4, 0.5) is 0 Å². The third kappa shape index (κ3) is 7.43. The lowest BCUT2D eigenvalue weighted by Crippen LogP contribution is -2.38. The Bertz CT molecular complexity index is 591. The van der Waals surface area contributed by atoms with Gasteiger partial charge in [0, 0.05) is 23.7 Å². The average molecular weight is 356 g/mol. The Labute approximate surface area is 146 Å². The predicted octanol–water partition coefficient (Wildman–Crippen LogP) is 1.73. The summed E-state index contributed by atoms with van der Waals surface area (Å²) in [5.41, 5.74) is 2.73. The highest BCUT2D eigenvalue weighted by molar-refractivity contribution is 6.35. The van der Waals surface area contributed by atoms with Crippen molar-refractivity contribution in [2.75, 3.05) is 20.3 Å². The van der Waals surface area contributed by atoms with Crippen molar-refractivity contribution in [3.8, 4) is 5.75 Å². The first-order valence-electron chi connectivity index (χ1n) is 7.50. The third-order valence-corrected chi connectivity index (χ3v) is 3.06. The van der Waals surface area contributed by atoms with E-state index in [1.807, 2.05) is 13.8 Å². The number of ether oxygens (including phenoxy) is 2. The maximum atomic E-state index is 11.6. The second kappa shape index (κ2) is 10.6. The molecule has 132 valence electrons. The highest BCUT2D eigenvalue weighted by Crippen LogP contribution is 2.20. The molecule has 0 bridgehead atoms. The first-order valence-corrected chi connectivity index (χ1v) is 7.88. The van der Waals surface area contributed by atoms with Crippen LogP contribution in [0.3, 0.4) is 0 Å². The summed E-state index contributed by atoms with van der Waals surface area (Å²) in [7, 11) is 1.51. The number of carbonyl (C=O) groups excluding carboxylic acids is 2. The van der Waals surface area contributed by atoms with Gasteiger partial charge in [0.05, 0.1) is 19.4 Å². The van der Waals surface area contributed by atoms with Gasteiger partial charge in [-0.25, -0.2) is 5.43 Å². The van der Waals surface area contributed by atoms with Gasteiger partial charge in [-0.1, -0.05) is 11.6 Å². The van der Waals surface area contributed by atoms with Gasteiger partial charge in [-0.2, -0.15) is 5.10 Å². The monoisotopic (exact) mass is 355 g/mol. The zero-order chi connectivity index (χ0) is 17.9. The van der Waals surface area contributed by atoms with E-state index in [0.29, 0.717) is 35.9 Å². The lowest BCUT2D eigenvalue weighted by molar-refractivity contribution is -0.139. The van der Waals surface area contributed by atoms with Gasteiger partial charge in [0.2, 0.25) is 0 Å². The summed E-state index contributed by atoms with van der Waals surface area (Å²) in [6.45, 7) is 4.73. The lowest BCUT2D eigenvalue weighted by atomic mass is 10.2. The number of rotatable bonds is 8. The minimum atomic E-state index is -0.850. The van der Waals surface area contributed by atoms with Crippen LogP contribution in [0.15, 0.2) is 23.3 Å². The number of nitrogens with one attached hydrogen (secondary N) is 2. The number of hydrazone groups is 1. The van der Waals surface area contributed by atoms with Crippen LogP contribution < -0.4 is 15.5 Å². The molecule has 0 aliphatic rings. The first kappa shape index (κ1) is 19.9. The molecule has 8 heteroatoms. The third-order valence-electron chi connectivity index (χ3n) is 2.83. The molecule has 2 amide bonds. The van der Waals surface area contributed by atoms with E-state index < -0.39 is 11.8 Å². The van der Waals surface area contributed by atoms with Crippen molar-refractivity contribution in [1.29, 1.82) is 0 Å². The van der Waals surface area contributed by atoms with Gasteiger partial charge in [0.1, 0.15) is 5.75 Å². The average Bonchev–Trinajstić information content (AvgIpc) is 2.54. The molecule has 24 heavy (non-hydrogen) atoms. The van der Waals surface area contributed by atoms with E-state index in [1.165, 1.54) is 13.3 Å². The molecule has 1 rings (SSSR count). The van der Waals surface area contributed by atoms with Crippen LogP contribution >= 0.6 is 11.6 Å². The number of amides is 2. The molecule has 0 aliphatic carbocycles. The van der Waals surface area contributed by atoms with E-state index in [9.17, 15) is 9.59 Å². The predicted molar refractivity (Wildman–Crippen MR) is 92.5 cm³/mol. The van der Waals surface area contributed by atoms with Gasteiger partial charge in [0.25, 0.3) is 0 Å². The summed E-state index contributed by atoms with van der Waals surface area (Å²) >= 11 is 5.89. The Morgan fingerprint density at radius 2 is 2.08 bits per heavy atom. The number of hydrogen-bond acceptors (Lipinski definition) is 5. The summed E-state index contributed by atoms with van der Waals surface area (Å²) in [6, 6.07) is 4.98. The van der Waals surface area contributed by atoms with Gasteiger partial charge in [-0.05, 0) is 38.5 Å². The SMILES string of the molecule is COc1ccc(Cl)cc1/C=N\NC(=O)C(=O)NCCCOC(C)C. The molecule has 0 unspecified atom stereocenters. The molecular formula is C16H22ClN3O4. The van der Waals surface area contributed by atoms with Crippen molar-refractivity contribution in [2.45, 2.75) is 26.4 Å². The molecule has 0 fully saturated rings. The molecule has 0 aromatic heterocycles. The minimum absolute atomic E-state index is 0.141. The topological polar surface area (TPSA) is 89.0 Å². The zero-order valence-electron chi connectivity index (χ0n) is 14.0. The Hall–Kier alpha value is -2.12. The van der Waals surface area contributed by atoms with Gasteiger partial charge in [-0.3, -0.25) is 9.59 Å². The fourth-order valence-corrected chi connectivity index (χ4v) is 1.87. The highest BCUT2D eigenvalue weighted by atomic mass is 35.5. The van der Waals surface area contributed by atoms with Gasteiger partial charge >= 0.3 is 11.8 Å². The fraction of sp³-hybridized carbons (Fsp3) is 0.438. The van der Waals surface area contributed by atoms with E-state index in [2.05, 4.69) is 15.8 Å². The molecule has 0 spiro atoms. The number of halogens is 1. The molecule has 0 saturated carbocycles. The standard InChI is InChI=1S/C16H22ClN3O4/c1-11(2)24-8-4-7-18-15(21)16(22)20-19-10-12-9-13(17)5-6-14(12)23-3/h5-6,9-11H,4,7-8H2,1-3H3,(H,18,21)(H,20,22)/b19-10-. The second-order valence-corrected chi connectivity index (χ2v) is 5.55. The van der Waals surface area contributed by atoms with Crippen LogP contribution in [0, 0.1) is 0 Å². The number of methoxy groups -OCH3 is 1. The summed E-state index contributed by atoms with van der Waals surface area (Å²) in [5.74, 6) is -1.06. The molecule has 0 aliphatic heterocycles. The maximum Gasteiger partial charge on any atom is 0.329 e. The van der Waals surface area contributed by atoms with Crippen molar-refractivity contribution in [1.82, 2.24) is 10.7 Å². The summed E-state index contributed by atoms with van der Waals surface area (Å²) in [6.07, 6.45) is 2.12. The van der Waals surface area contributed by atoms with Crippen LogP contribution in [0.5, 0.6) is 5.75 Å². The molecule has 2 N–H and O–H groups in total. The van der Waals surface area contributed by atoms with E-state index in [4.69, 9.17) is 21.1 Å². The van der Waals surface area contributed by atoms with E-state index in [0.717, 1.165) is 0 Å². The maximum absolute atomic E-state index is 11.6. The number of benzene rings is 1. The zero-order valence-corrected chi connectivity index (χ0v) is 14.7. The lowest BCUT2D eigenvalue weighted by Gasteiger charge is -2.07. The second-order valence-electron chi connectivity index (χ2n) is 5.11. The van der Waals surface area contributed by atoms with Gasteiger partial charge < -0.3 is 14.8 Å². The highest BCUT2D eigenvalue weighted by Gasteiger charge is 2.11. The Morgan fingerprint density at radius 3 is 2.75 bits per heavy atom. The largest absolute Gasteiger partial charge is 0.496 e. The molecule has 0 radical (unpaired) electrons. The Kier molecular flexibility index (Phi) is 8.81. The first-order chi connectivity index (χ1) is 11.4. The summed E-state index contributed by atoms with van der Waals surface area (Å²) in [4.78, 5) is 23.2. The van der Waals surface area contributed by atoms with Crippen LogP contribution in [-0.4, -0.2) is 44.4 Å². The van der Waals surface area contributed by atoms with Crippen LogP contribution in [0.2, 0.25) is 5.02 Å². The van der Waals surface area contributed by atoms with Crippen molar-refractivity contribution >= 4 is 29.6 Å². The van der Waals surface area contributed by atoms with Crippen molar-refractivity contribution in [3.63, 3.8) is 0 Å². The van der Waals surface area contributed by atoms with Crippen LogP contribution in [0.1, 0.15) is 25.8 Å². The van der Waals surface area contributed by atoms with Crippen LogP contribution in [0.25, 0.3) is 0 Å². The molecule has 7 nitrogen and oxygen atoms in total. The molecule has 0 atom stereocenters. The number of nitrogens with zero attached hydrogens (tertiary/aromatic N) is 1. The van der Waals surface area contributed by atoms with E-state index >= 15 is 0 Å². The molecule has 1 aromatic carbocycles. The number of carbonyl (C=O) groups is 2. The molecule has 1 aromatic rings. The van der Waals surface area contributed by atoms with Crippen molar-refractivity contribution in [2.24, 2.45) is 5.10 Å². The Morgan fingerprint density at radius 1 is 1.33 bits per heavy atom. The number of hydrogen-bond donors (Lipinski definition) is 2.